The molecule has 1 aromatic carbocycles. The van der Waals surface area contributed by atoms with Gasteiger partial charge in [-0.05, 0) is 52.0 Å². The van der Waals surface area contributed by atoms with Gasteiger partial charge in [-0.15, -0.1) is 11.3 Å². The Morgan fingerprint density at radius 3 is 2.74 bits per heavy atom. The fraction of sp³-hybridized carbons (Fsp3) is 0.118. The Balaban J connectivity index is 1.85. The highest BCUT2D eigenvalue weighted by atomic mass is 32.1. The summed E-state index contributed by atoms with van der Waals surface area (Å²) in [6, 6.07) is 9.85. The van der Waals surface area contributed by atoms with Crippen LogP contribution in [-0.2, 0) is 0 Å². The van der Waals surface area contributed by atoms with Crippen molar-refractivity contribution >= 4 is 28.6 Å². The van der Waals surface area contributed by atoms with Crippen LogP contribution in [0.15, 0.2) is 52.5 Å². The maximum absolute atomic E-state index is 13.8. The number of halogens is 1. The van der Waals surface area contributed by atoms with Crippen molar-refractivity contribution in [3.8, 4) is 5.75 Å². The molecular weight excluding hydrogens is 333 g/mol. The lowest BCUT2D eigenvalue weighted by molar-refractivity contribution is 0.0943. The molecule has 0 aliphatic rings. The SMILES string of the molecule is COc1ccc(C(=O)NC(c2ccsc2)c2cccs2)cc1F. The molecule has 3 aromatic rings. The summed E-state index contributed by atoms with van der Waals surface area (Å²) in [5.41, 5.74) is 1.28. The van der Waals surface area contributed by atoms with Gasteiger partial charge in [0.1, 0.15) is 0 Å². The quantitative estimate of drug-likeness (QED) is 0.739. The number of methoxy groups -OCH3 is 1. The van der Waals surface area contributed by atoms with Crippen LogP contribution in [0.25, 0.3) is 0 Å². The monoisotopic (exact) mass is 347 g/mol. The molecule has 2 heterocycles. The highest BCUT2D eigenvalue weighted by molar-refractivity contribution is 7.10. The van der Waals surface area contributed by atoms with Crippen molar-refractivity contribution in [2.45, 2.75) is 6.04 Å². The molecule has 1 atom stereocenters. The minimum absolute atomic E-state index is 0.120. The molecule has 1 amide bonds. The molecule has 1 N–H and O–H groups in total. The van der Waals surface area contributed by atoms with Crippen LogP contribution in [0.5, 0.6) is 5.75 Å². The molecule has 0 fully saturated rings. The van der Waals surface area contributed by atoms with Gasteiger partial charge in [-0.25, -0.2) is 4.39 Å². The number of nitrogens with one attached hydrogen (secondary N) is 1. The van der Waals surface area contributed by atoms with Gasteiger partial charge in [-0.3, -0.25) is 4.79 Å². The number of ether oxygens (including phenoxy) is 1. The maximum atomic E-state index is 13.8. The van der Waals surface area contributed by atoms with E-state index in [-0.39, 0.29) is 23.3 Å². The molecule has 1 unspecified atom stereocenters. The van der Waals surface area contributed by atoms with Crippen molar-refractivity contribution in [2.24, 2.45) is 0 Å². The Morgan fingerprint density at radius 1 is 1.26 bits per heavy atom. The number of amides is 1. The fourth-order valence-corrected chi connectivity index (χ4v) is 3.72. The number of carbonyl (C=O) groups excluding carboxylic acids is 1. The average molecular weight is 347 g/mol. The van der Waals surface area contributed by atoms with E-state index in [1.54, 1.807) is 28.7 Å². The number of hydrogen-bond donors (Lipinski definition) is 1. The van der Waals surface area contributed by atoms with Crippen LogP contribution in [-0.4, -0.2) is 13.0 Å². The van der Waals surface area contributed by atoms with Crippen molar-refractivity contribution in [3.63, 3.8) is 0 Å². The minimum Gasteiger partial charge on any atom is -0.494 e. The Labute approximate surface area is 141 Å². The predicted molar refractivity (Wildman–Crippen MR) is 90.9 cm³/mol. The highest BCUT2D eigenvalue weighted by Gasteiger charge is 2.20. The zero-order chi connectivity index (χ0) is 16.2. The van der Waals surface area contributed by atoms with Crippen LogP contribution < -0.4 is 10.1 Å². The third kappa shape index (κ3) is 3.43. The molecule has 0 aliphatic heterocycles. The van der Waals surface area contributed by atoms with E-state index >= 15 is 0 Å². The molecule has 118 valence electrons. The standard InChI is InChI=1S/C17H14FNO2S2/c1-21-14-5-4-11(9-13(14)18)17(20)19-16(12-6-8-22-10-12)15-3-2-7-23-15/h2-10,16H,1H3,(H,19,20). The van der Waals surface area contributed by atoms with E-state index in [2.05, 4.69) is 5.32 Å². The van der Waals surface area contributed by atoms with Crippen molar-refractivity contribution in [1.82, 2.24) is 5.32 Å². The van der Waals surface area contributed by atoms with E-state index < -0.39 is 5.82 Å². The van der Waals surface area contributed by atoms with Crippen LogP contribution in [0.3, 0.4) is 0 Å². The van der Waals surface area contributed by atoms with Crippen LogP contribution in [0.4, 0.5) is 4.39 Å². The van der Waals surface area contributed by atoms with Crippen LogP contribution >= 0.6 is 22.7 Å². The van der Waals surface area contributed by atoms with E-state index in [0.717, 1.165) is 10.4 Å². The summed E-state index contributed by atoms with van der Waals surface area (Å²) < 4.78 is 18.7. The van der Waals surface area contributed by atoms with Gasteiger partial charge < -0.3 is 10.1 Å². The van der Waals surface area contributed by atoms with Gasteiger partial charge in [-0.2, -0.15) is 11.3 Å². The number of benzene rings is 1. The zero-order valence-corrected chi connectivity index (χ0v) is 13.9. The lowest BCUT2D eigenvalue weighted by Crippen LogP contribution is -2.28. The largest absolute Gasteiger partial charge is 0.494 e. The number of rotatable bonds is 5. The molecule has 0 bridgehead atoms. The molecular formula is C17H14FNO2S2. The van der Waals surface area contributed by atoms with Crippen molar-refractivity contribution in [1.29, 1.82) is 0 Å². The van der Waals surface area contributed by atoms with E-state index in [9.17, 15) is 9.18 Å². The van der Waals surface area contributed by atoms with Gasteiger partial charge in [0, 0.05) is 10.4 Å². The maximum Gasteiger partial charge on any atom is 0.252 e. The molecule has 0 saturated carbocycles. The summed E-state index contributed by atoms with van der Waals surface area (Å²) >= 11 is 3.14. The van der Waals surface area contributed by atoms with Gasteiger partial charge in [0.25, 0.3) is 5.91 Å². The second-order valence-electron chi connectivity index (χ2n) is 4.83. The molecule has 3 nitrogen and oxygen atoms in total. The Hall–Kier alpha value is -2.18. The lowest BCUT2D eigenvalue weighted by atomic mass is 10.1. The van der Waals surface area contributed by atoms with Gasteiger partial charge in [-0.1, -0.05) is 6.07 Å². The number of thiophene rings is 2. The molecule has 3 rings (SSSR count). The third-order valence-electron chi connectivity index (χ3n) is 3.39. The highest BCUT2D eigenvalue weighted by Crippen LogP contribution is 2.28. The first kappa shape index (κ1) is 15.7. The topological polar surface area (TPSA) is 38.3 Å². The van der Waals surface area contributed by atoms with Crippen LogP contribution in [0.1, 0.15) is 26.8 Å². The van der Waals surface area contributed by atoms with Gasteiger partial charge in [0.05, 0.1) is 13.2 Å². The first-order chi connectivity index (χ1) is 11.2. The predicted octanol–water partition coefficient (Wildman–Crippen LogP) is 4.48. The Bertz CT molecular complexity index is 751. The van der Waals surface area contributed by atoms with Crippen molar-refractivity contribution < 1.29 is 13.9 Å². The third-order valence-corrected chi connectivity index (χ3v) is 5.03. The summed E-state index contributed by atoms with van der Waals surface area (Å²) in [5.74, 6) is -0.756. The lowest BCUT2D eigenvalue weighted by Gasteiger charge is -2.17. The minimum atomic E-state index is -0.552. The Morgan fingerprint density at radius 2 is 2.13 bits per heavy atom. The van der Waals surface area contributed by atoms with E-state index in [0.29, 0.717) is 0 Å². The summed E-state index contributed by atoms with van der Waals surface area (Å²) in [6.45, 7) is 0. The summed E-state index contributed by atoms with van der Waals surface area (Å²) in [6.07, 6.45) is 0. The molecule has 6 heteroatoms. The van der Waals surface area contributed by atoms with Crippen molar-refractivity contribution in [3.05, 3.63) is 74.4 Å². The fourth-order valence-electron chi connectivity index (χ4n) is 2.24. The van der Waals surface area contributed by atoms with E-state index in [1.807, 2.05) is 34.3 Å². The van der Waals surface area contributed by atoms with Gasteiger partial charge >= 0.3 is 0 Å². The van der Waals surface area contributed by atoms with Crippen LogP contribution in [0.2, 0.25) is 0 Å². The molecule has 0 radical (unpaired) electrons. The first-order valence-corrected chi connectivity index (χ1v) is 8.71. The van der Waals surface area contributed by atoms with Gasteiger partial charge in [0.2, 0.25) is 0 Å². The second kappa shape index (κ2) is 6.93. The smallest absolute Gasteiger partial charge is 0.252 e. The normalized spacial score (nSPS) is 11.9. The summed E-state index contributed by atoms with van der Waals surface area (Å²) in [4.78, 5) is 13.5. The number of carbonyl (C=O) groups is 1. The summed E-state index contributed by atoms with van der Waals surface area (Å²) in [5, 5.41) is 8.91. The van der Waals surface area contributed by atoms with Crippen LogP contribution in [0, 0.1) is 5.82 Å². The Kier molecular flexibility index (Phi) is 4.73. The number of hydrogen-bond acceptors (Lipinski definition) is 4. The van der Waals surface area contributed by atoms with E-state index in [1.165, 1.54) is 19.2 Å². The molecule has 0 spiro atoms. The van der Waals surface area contributed by atoms with Gasteiger partial charge in [0.15, 0.2) is 11.6 Å². The van der Waals surface area contributed by atoms with Crippen molar-refractivity contribution in [2.75, 3.05) is 7.11 Å². The van der Waals surface area contributed by atoms with E-state index in [4.69, 9.17) is 4.74 Å². The summed E-state index contributed by atoms with van der Waals surface area (Å²) in [7, 11) is 1.39. The molecule has 0 saturated heterocycles. The molecule has 0 aliphatic carbocycles. The first-order valence-electron chi connectivity index (χ1n) is 6.89. The zero-order valence-electron chi connectivity index (χ0n) is 12.3. The molecule has 23 heavy (non-hydrogen) atoms. The second-order valence-corrected chi connectivity index (χ2v) is 6.59. The average Bonchev–Trinajstić information content (AvgIpc) is 3.25. The molecule has 2 aromatic heterocycles.